The van der Waals surface area contributed by atoms with Crippen LogP contribution in [0.1, 0.15) is 40.4 Å². The maximum atomic E-state index is 13.1. The van der Waals surface area contributed by atoms with Crippen LogP contribution in [-0.4, -0.2) is 29.8 Å². The van der Waals surface area contributed by atoms with Crippen molar-refractivity contribution in [3.63, 3.8) is 0 Å². The van der Waals surface area contributed by atoms with Gasteiger partial charge in [-0.05, 0) is 47.5 Å². The molecule has 1 N–H and O–H groups in total. The third-order valence-corrected chi connectivity index (χ3v) is 6.35. The monoisotopic (exact) mass is 412 g/mol. The molecule has 31 heavy (non-hydrogen) atoms. The molecule has 5 heteroatoms. The van der Waals surface area contributed by atoms with Crippen LogP contribution in [0.25, 0.3) is 0 Å². The van der Waals surface area contributed by atoms with Crippen LogP contribution in [0, 0.1) is 5.92 Å². The highest BCUT2D eigenvalue weighted by molar-refractivity contribution is 5.94. The van der Waals surface area contributed by atoms with Gasteiger partial charge in [-0.2, -0.15) is 0 Å². The largest absolute Gasteiger partial charge is 0.457 e. The molecule has 0 unspecified atom stereocenters. The van der Waals surface area contributed by atoms with Gasteiger partial charge in [0.25, 0.3) is 5.91 Å². The third kappa shape index (κ3) is 3.67. The lowest BCUT2D eigenvalue weighted by Crippen LogP contribution is -2.34. The van der Waals surface area contributed by atoms with Gasteiger partial charge in [0.2, 0.25) is 5.91 Å². The van der Waals surface area contributed by atoms with Gasteiger partial charge in [0.15, 0.2) is 0 Å². The lowest BCUT2D eigenvalue weighted by molar-refractivity contribution is -0.128. The Hall–Kier alpha value is -3.60. The summed E-state index contributed by atoms with van der Waals surface area (Å²) in [4.78, 5) is 26.9. The van der Waals surface area contributed by atoms with Gasteiger partial charge in [-0.15, -0.1) is 0 Å². The minimum absolute atomic E-state index is 0.0889. The number of likely N-dealkylation sites (tertiary alicyclic amines) is 1. The van der Waals surface area contributed by atoms with E-state index in [0.29, 0.717) is 17.9 Å². The van der Waals surface area contributed by atoms with Crippen LogP contribution < -0.4 is 10.1 Å². The van der Waals surface area contributed by atoms with Gasteiger partial charge in [-0.1, -0.05) is 42.5 Å². The number of para-hydroxylation sites is 1. The number of nitrogens with zero attached hydrogens (tertiary/aromatic N) is 1. The van der Waals surface area contributed by atoms with Crippen molar-refractivity contribution in [3.05, 3.63) is 95.6 Å². The number of benzene rings is 3. The Morgan fingerprint density at radius 1 is 0.839 bits per heavy atom. The maximum Gasteiger partial charge on any atom is 0.251 e. The Kier molecular flexibility index (Phi) is 4.94. The van der Waals surface area contributed by atoms with E-state index in [4.69, 9.17) is 4.74 Å². The molecule has 0 bridgehead atoms. The van der Waals surface area contributed by atoms with E-state index in [1.807, 2.05) is 47.4 Å². The normalized spacial score (nSPS) is 21.3. The molecular weight excluding hydrogens is 388 g/mol. The highest BCUT2D eigenvalue weighted by atomic mass is 16.5. The molecule has 1 heterocycles. The number of carbonyl (C=O) groups excluding carboxylic acids is 2. The average molecular weight is 412 g/mol. The standard InChI is InChI=1S/C26H24N2O3/c1-17(29)28-15-23-21-9-5-6-10-22(21)25(24(23)16-28)27-26(30)18-11-13-20(14-12-18)31-19-7-3-2-4-8-19/h2-14,23-25H,15-16H2,1H3,(H,27,30)/t23-,24-,25-/m0/s1. The summed E-state index contributed by atoms with van der Waals surface area (Å²) in [6.07, 6.45) is 0. The van der Waals surface area contributed by atoms with Gasteiger partial charge in [0.05, 0.1) is 6.04 Å². The van der Waals surface area contributed by atoms with Crippen LogP contribution in [0.5, 0.6) is 11.5 Å². The summed E-state index contributed by atoms with van der Waals surface area (Å²) in [5, 5.41) is 3.23. The van der Waals surface area contributed by atoms with Crippen molar-refractivity contribution in [2.24, 2.45) is 5.92 Å². The molecule has 1 saturated heterocycles. The smallest absolute Gasteiger partial charge is 0.251 e. The molecule has 1 aliphatic carbocycles. The molecule has 0 saturated carbocycles. The van der Waals surface area contributed by atoms with Crippen molar-refractivity contribution in [3.8, 4) is 11.5 Å². The molecule has 3 aromatic carbocycles. The molecule has 3 aromatic rings. The SMILES string of the molecule is CC(=O)N1C[C@H]2[C@@H](C1)c1ccccc1[C@@H]2NC(=O)c1ccc(Oc2ccccc2)cc1. The van der Waals surface area contributed by atoms with E-state index in [1.165, 1.54) is 5.56 Å². The van der Waals surface area contributed by atoms with Crippen molar-refractivity contribution in [1.82, 2.24) is 10.2 Å². The predicted molar refractivity (Wildman–Crippen MR) is 118 cm³/mol. The number of carbonyl (C=O) groups is 2. The fourth-order valence-corrected chi connectivity index (χ4v) is 4.82. The number of hydrogen-bond donors (Lipinski definition) is 1. The number of ether oxygens (including phenoxy) is 1. The zero-order valence-electron chi connectivity index (χ0n) is 17.3. The van der Waals surface area contributed by atoms with Crippen LogP contribution in [-0.2, 0) is 4.79 Å². The number of fused-ring (bicyclic) bond motifs is 3. The summed E-state index contributed by atoms with van der Waals surface area (Å²) in [6.45, 7) is 3.00. The molecule has 1 fully saturated rings. The van der Waals surface area contributed by atoms with Gasteiger partial charge in [0, 0.05) is 37.4 Å². The number of amides is 2. The summed E-state index contributed by atoms with van der Waals surface area (Å²) in [5.74, 6) is 1.88. The Morgan fingerprint density at radius 2 is 1.48 bits per heavy atom. The van der Waals surface area contributed by atoms with Crippen molar-refractivity contribution in [2.45, 2.75) is 18.9 Å². The van der Waals surface area contributed by atoms with Gasteiger partial charge in [-0.25, -0.2) is 0 Å². The zero-order chi connectivity index (χ0) is 21.4. The minimum atomic E-state index is -0.118. The summed E-state index contributed by atoms with van der Waals surface area (Å²) < 4.78 is 5.81. The Balaban J connectivity index is 1.33. The van der Waals surface area contributed by atoms with Crippen LogP contribution >= 0.6 is 0 Å². The van der Waals surface area contributed by atoms with Crippen LogP contribution in [0.4, 0.5) is 0 Å². The van der Waals surface area contributed by atoms with E-state index in [9.17, 15) is 9.59 Å². The highest BCUT2D eigenvalue weighted by Gasteiger charge is 2.47. The van der Waals surface area contributed by atoms with Crippen LogP contribution in [0.15, 0.2) is 78.9 Å². The molecule has 156 valence electrons. The number of rotatable bonds is 4. The summed E-state index contributed by atoms with van der Waals surface area (Å²) in [7, 11) is 0. The first-order valence-corrected chi connectivity index (χ1v) is 10.6. The Morgan fingerprint density at radius 3 is 2.19 bits per heavy atom. The second-order valence-electron chi connectivity index (χ2n) is 8.21. The van der Waals surface area contributed by atoms with Crippen molar-refractivity contribution in [1.29, 1.82) is 0 Å². The molecule has 0 spiro atoms. The first kappa shape index (κ1) is 19.4. The van der Waals surface area contributed by atoms with Gasteiger partial charge in [0.1, 0.15) is 11.5 Å². The lowest BCUT2D eigenvalue weighted by atomic mass is 9.94. The summed E-state index contributed by atoms with van der Waals surface area (Å²) in [6, 6.07) is 24.9. The molecule has 2 amide bonds. The second-order valence-corrected chi connectivity index (χ2v) is 8.21. The molecule has 5 rings (SSSR count). The van der Waals surface area contributed by atoms with Crippen LogP contribution in [0.2, 0.25) is 0 Å². The first-order chi connectivity index (χ1) is 15.1. The average Bonchev–Trinajstić information content (AvgIpc) is 3.34. The van der Waals surface area contributed by atoms with E-state index in [2.05, 4.69) is 17.4 Å². The molecule has 1 aliphatic heterocycles. The van der Waals surface area contributed by atoms with Crippen molar-refractivity contribution >= 4 is 11.8 Å². The van der Waals surface area contributed by atoms with E-state index in [1.54, 1.807) is 31.2 Å². The first-order valence-electron chi connectivity index (χ1n) is 10.6. The van der Waals surface area contributed by atoms with E-state index in [0.717, 1.165) is 17.9 Å². The second kappa shape index (κ2) is 7.91. The minimum Gasteiger partial charge on any atom is -0.457 e. The summed E-state index contributed by atoms with van der Waals surface area (Å²) >= 11 is 0. The Labute approximate surface area is 181 Å². The molecular formula is C26H24N2O3. The van der Waals surface area contributed by atoms with Gasteiger partial charge < -0.3 is 15.0 Å². The molecule has 0 radical (unpaired) electrons. The zero-order valence-corrected chi connectivity index (χ0v) is 17.3. The van der Waals surface area contributed by atoms with E-state index >= 15 is 0 Å². The summed E-state index contributed by atoms with van der Waals surface area (Å²) in [5.41, 5.74) is 2.99. The fourth-order valence-electron chi connectivity index (χ4n) is 4.82. The predicted octanol–water partition coefficient (Wildman–Crippen LogP) is 4.53. The molecule has 0 aromatic heterocycles. The van der Waals surface area contributed by atoms with E-state index in [-0.39, 0.29) is 29.7 Å². The topological polar surface area (TPSA) is 58.6 Å². The Bertz CT molecular complexity index is 1110. The highest BCUT2D eigenvalue weighted by Crippen LogP contribution is 2.49. The number of nitrogens with one attached hydrogen (secondary N) is 1. The fraction of sp³-hybridized carbons (Fsp3) is 0.231. The molecule has 3 atom stereocenters. The van der Waals surface area contributed by atoms with E-state index < -0.39 is 0 Å². The molecule has 5 nitrogen and oxygen atoms in total. The van der Waals surface area contributed by atoms with Gasteiger partial charge in [-0.3, -0.25) is 9.59 Å². The quantitative estimate of drug-likeness (QED) is 0.685. The van der Waals surface area contributed by atoms with Crippen molar-refractivity contribution < 1.29 is 14.3 Å². The third-order valence-electron chi connectivity index (χ3n) is 6.35. The van der Waals surface area contributed by atoms with Crippen LogP contribution in [0.3, 0.4) is 0 Å². The maximum absolute atomic E-state index is 13.1. The lowest BCUT2D eigenvalue weighted by Gasteiger charge is -2.22. The van der Waals surface area contributed by atoms with Gasteiger partial charge >= 0.3 is 0 Å². The molecule has 2 aliphatic rings. The van der Waals surface area contributed by atoms with Crippen molar-refractivity contribution in [2.75, 3.05) is 13.1 Å². The number of hydrogen-bond acceptors (Lipinski definition) is 3.